The first-order valence-corrected chi connectivity index (χ1v) is 7.98. The molecule has 0 radical (unpaired) electrons. The summed E-state index contributed by atoms with van der Waals surface area (Å²) in [6, 6.07) is 6.74. The lowest BCUT2D eigenvalue weighted by Crippen LogP contribution is -2.33. The van der Waals surface area contributed by atoms with Gasteiger partial charge in [-0.3, -0.25) is 0 Å². The molecular formula is C17H26ClN. The van der Waals surface area contributed by atoms with Gasteiger partial charge in [-0.1, -0.05) is 50.3 Å². The molecule has 19 heavy (non-hydrogen) atoms. The van der Waals surface area contributed by atoms with Gasteiger partial charge in [-0.25, -0.2) is 0 Å². The first kappa shape index (κ1) is 14.9. The number of nitrogens with one attached hydrogen (secondary N) is 1. The van der Waals surface area contributed by atoms with Gasteiger partial charge in [0.05, 0.1) is 0 Å². The molecular weight excluding hydrogens is 254 g/mol. The molecule has 0 spiro atoms. The van der Waals surface area contributed by atoms with Gasteiger partial charge in [0.15, 0.2) is 0 Å². The highest BCUT2D eigenvalue weighted by atomic mass is 35.5. The number of hydrogen-bond donors (Lipinski definition) is 1. The molecule has 1 aliphatic rings. The molecule has 3 atom stereocenters. The average Bonchev–Trinajstić information content (AvgIpc) is 2.44. The van der Waals surface area contributed by atoms with Crippen molar-refractivity contribution in [2.24, 2.45) is 11.8 Å². The van der Waals surface area contributed by atoms with E-state index in [4.69, 9.17) is 11.6 Å². The summed E-state index contributed by atoms with van der Waals surface area (Å²) in [6.45, 7) is 4.53. The molecule has 1 aromatic carbocycles. The molecule has 1 saturated carbocycles. The Hall–Kier alpha value is -0.530. The van der Waals surface area contributed by atoms with Crippen LogP contribution in [0.1, 0.15) is 56.2 Å². The van der Waals surface area contributed by atoms with Crippen molar-refractivity contribution in [1.82, 2.24) is 5.32 Å². The van der Waals surface area contributed by atoms with E-state index in [1.165, 1.54) is 43.2 Å². The zero-order chi connectivity index (χ0) is 13.8. The fourth-order valence-corrected chi connectivity index (χ4v) is 3.91. The van der Waals surface area contributed by atoms with Crippen molar-refractivity contribution in [3.63, 3.8) is 0 Å². The van der Waals surface area contributed by atoms with Crippen molar-refractivity contribution < 1.29 is 0 Å². The van der Waals surface area contributed by atoms with Gasteiger partial charge in [0.25, 0.3) is 0 Å². The Morgan fingerprint density at radius 2 is 2.05 bits per heavy atom. The quantitative estimate of drug-likeness (QED) is 0.806. The van der Waals surface area contributed by atoms with Crippen LogP contribution in [-0.4, -0.2) is 7.05 Å². The monoisotopic (exact) mass is 279 g/mol. The Morgan fingerprint density at radius 3 is 2.74 bits per heavy atom. The first-order valence-electron chi connectivity index (χ1n) is 7.60. The first-order chi connectivity index (χ1) is 9.17. The summed E-state index contributed by atoms with van der Waals surface area (Å²) >= 11 is 6.20. The van der Waals surface area contributed by atoms with Crippen LogP contribution in [0, 0.1) is 18.8 Å². The fourth-order valence-electron chi connectivity index (χ4n) is 3.73. The molecule has 106 valence electrons. The van der Waals surface area contributed by atoms with Gasteiger partial charge >= 0.3 is 0 Å². The van der Waals surface area contributed by atoms with Gasteiger partial charge in [0, 0.05) is 11.1 Å². The van der Waals surface area contributed by atoms with Gasteiger partial charge < -0.3 is 5.32 Å². The summed E-state index contributed by atoms with van der Waals surface area (Å²) in [7, 11) is 2.09. The summed E-state index contributed by atoms with van der Waals surface area (Å²) in [5, 5.41) is 4.41. The summed E-state index contributed by atoms with van der Waals surface area (Å²) in [5.41, 5.74) is 2.74. The van der Waals surface area contributed by atoms with Crippen molar-refractivity contribution in [3.05, 3.63) is 34.3 Å². The Morgan fingerprint density at radius 1 is 1.32 bits per heavy atom. The maximum absolute atomic E-state index is 6.20. The number of hydrogen-bond acceptors (Lipinski definition) is 1. The largest absolute Gasteiger partial charge is 0.313 e. The van der Waals surface area contributed by atoms with Crippen LogP contribution >= 0.6 is 11.6 Å². The minimum Gasteiger partial charge on any atom is -0.313 e. The van der Waals surface area contributed by atoms with Crippen LogP contribution in [0.3, 0.4) is 0 Å². The van der Waals surface area contributed by atoms with Crippen LogP contribution in [0.15, 0.2) is 18.2 Å². The Bertz CT molecular complexity index is 416. The minimum atomic E-state index is 0.448. The van der Waals surface area contributed by atoms with Crippen LogP contribution in [-0.2, 0) is 0 Å². The van der Waals surface area contributed by atoms with Crippen LogP contribution in [0.25, 0.3) is 0 Å². The molecule has 0 aliphatic heterocycles. The third-order valence-corrected chi connectivity index (χ3v) is 5.04. The Kier molecular flexibility index (Phi) is 5.29. The highest BCUT2D eigenvalue weighted by molar-refractivity contribution is 6.30. The van der Waals surface area contributed by atoms with Crippen molar-refractivity contribution in [1.29, 1.82) is 0 Å². The summed E-state index contributed by atoms with van der Waals surface area (Å²) in [6.07, 6.45) is 6.80. The zero-order valence-electron chi connectivity index (χ0n) is 12.4. The van der Waals surface area contributed by atoms with E-state index < -0.39 is 0 Å². The summed E-state index contributed by atoms with van der Waals surface area (Å²) in [4.78, 5) is 0. The molecule has 2 heteroatoms. The molecule has 1 N–H and O–H groups in total. The van der Waals surface area contributed by atoms with Crippen LogP contribution in [0.2, 0.25) is 5.02 Å². The SMILES string of the molecule is CCC1CCCCC1C(NC)c1cc(Cl)ccc1C. The van der Waals surface area contributed by atoms with E-state index in [1.54, 1.807) is 0 Å². The van der Waals surface area contributed by atoms with Gasteiger partial charge in [0.1, 0.15) is 0 Å². The number of benzene rings is 1. The van der Waals surface area contributed by atoms with Crippen molar-refractivity contribution >= 4 is 11.6 Å². The predicted octanol–water partition coefficient (Wildman–Crippen LogP) is 5.13. The van der Waals surface area contributed by atoms with Crippen molar-refractivity contribution in [2.45, 2.75) is 52.0 Å². The van der Waals surface area contributed by atoms with Gasteiger partial charge in [0.2, 0.25) is 0 Å². The summed E-state index contributed by atoms with van der Waals surface area (Å²) in [5.74, 6) is 1.60. The molecule has 0 saturated heterocycles. The standard InChI is InChI=1S/C17H26ClN/c1-4-13-7-5-6-8-15(13)17(19-3)16-11-14(18)10-9-12(16)2/h9-11,13,15,17,19H,4-8H2,1-3H3. The molecule has 0 amide bonds. The van der Waals surface area contributed by atoms with E-state index in [2.05, 4.69) is 38.3 Å². The lowest BCUT2D eigenvalue weighted by atomic mass is 9.72. The lowest BCUT2D eigenvalue weighted by Gasteiger charge is -2.37. The van der Waals surface area contributed by atoms with E-state index in [9.17, 15) is 0 Å². The number of halogens is 1. The molecule has 3 unspecified atom stereocenters. The van der Waals surface area contributed by atoms with Crippen molar-refractivity contribution in [3.8, 4) is 0 Å². The molecule has 0 aromatic heterocycles. The van der Waals surface area contributed by atoms with Gasteiger partial charge in [-0.05, 0) is 55.5 Å². The third-order valence-electron chi connectivity index (χ3n) is 4.81. The zero-order valence-corrected chi connectivity index (χ0v) is 13.1. The molecule has 1 aliphatic carbocycles. The molecule has 2 rings (SSSR count). The van der Waals surface area contributed by atoms with Crippen LogP contribution in [0.5, 0.6) is 0 Å². The van der Waals surface area contributed by atoms with E-state index >= 15 is 0 Å². The molecule has 1 nitrogen and oxygen atoms in total. The molecule has 1 fully saturated rings. The molecule has 0 heterocycles. The normalized spacial score (nSPS) is 25.3. The van der Waals surface area contributed by atoms with E-state index in [1.807, 2.05) is 6.07 Å². The second kappa shape index (κ2) is 6.76. The second-order valence-electron chi connectivity index (χ2n) is 5.88. The fraction of sp³-hybridized carbons (Fsp3) is 0.647. The van der Waals surface area contributed by atoms with Gasteiger partial charge in [-0.15, -0.1) is 0 Å². The maximum Gasteiger partial charge on any atom is 0.0409 e. The Balaban J connectivity index is 2.29. The van der Waals surface area contributed by atoms with E-state index in [0.717, 1.165) is 16.9 Å². The third kappa shape index (κ3) is 3.32. The topological polar surface area (TPSA) is 12.0 Å². The Labute approximate surface area is 122 Å². The number of aryl methyl sites for hydroxylation is 1. The maximum atomic E-state index is 6.20. The summed E-state index contributed by atoms with van der Waals surface area (Å²) < 4.78 is 0. The highest BCUT2D eigenvalue weighted by Crippen LogP contribution is 2.41. The van der Waals surface area contributed by atoms with Gasteiger partial charge in [-0.2, -0.15) is 0 Å². The van der Waals surface area contributed by atoms with Crippen LogP contribution < -0.4 is 5.32 Å². The minimum absolute atomic E-state index is 0.448. The molecule has 0 bridgehead atoms. The molecule has 1 aromatic rings. The van der Waals surface area contributed by atoms with Crippen LogP contribution in [0.4, 0.5) is 0 Å². The van der Waals surface area contributed by atoms with E-state index in [0.29, 0.717) is 6.04 Å². The number of rotatable bonds is 4. The predicted molar refractivity (Wildman–Crippen MR) is 83.7 cm³/mol. The van der Waals surface area contributed by atoms with E-state index in [-0.39, 0.29) is 0 Å². The second-order valence-corrected chi connectivity index (χ2v) is 6.32. The van der Waals surface area contributed by atoms with Crippen molar-refractivity contribution in [2.75, 3.05) is 7.05 Å². The lowest BCUT2D eigenvalue weighted by molar-refractivity contribution is 0.180. The highest BCUT2D eigenvalue weighted by Gasteiger charge is 2.31. The average molecular weight is 280 g/mol. The smallest absolute Gasteiger partial charge is 0.0409 e.